The van der Waals surface area contributed by atoms with E-state index in [0.717, 1.165) is 36.0 Å². The van der Waals surface area contributed by atoms with Crippen LogP contribution in [0.15, 0.2) is 41.3 Å². The first-order valence-electron chi connectivity index (χ1n) is 12.6. The Bertz CT molecular complexity index is 1260. The monoisotopic (exact) mass is 512 g/mol. The van der Waals surface area contributed by atoms with Crippen LogP contribution in [0.25, 0.3) is 0 Å². The Morgan fingerprint density at radius 3 is 2.39 bits per heavy atom. The Morgan fingerprint density at radius 1 is 1.03 bits per heavy atom. The van der Waals surface area contributed by atoms with Crippen LogP contribution in [0, 0.1) is 12.8 Å². The standard InChI is InChI=1S/C27H36N4O4S/c1-18-9-5-6-10-20(18)26(32)28-24-13-14-25(22-12-8-7-11-21(22)24)36(34,35)29-23-15-16-31(17-19(23)2)27(33)30(3)4/h5-6,9-10,13-14,19,23,29H,7-8,11-12,15-17H2,1-4H3,(H,28,32)/t19-,23?/m0/s1. The lowest BCUT2D eigenvalue weighted by atomic mass is 9.90. The summed E-state index contributed by atoms with van der Waals surface area (Å²) >= 11 is 0. The molecule has 36 heavy (non-hydrogen) atoms. The minimum absolute atomic E-state index is 0.0130. The number of hydrogen-bond acceptors (Lipinski definition) is 4. The van der Waals surface area contributed by atoms with Crippen molar-refractivity contribution in [2.75, 3.05) is 32.5 Å². The lowest BCUT2D eigenvalue weighted by molar-refractivity contribution is 0.102. The normalized spacial score (nSPS) is 19.9. The van der Waals surface area contributed by atoms with E-state index in [1.807, 2.05) is 32.0 Å². The predicted octanol–water partition coefficient (Wildman–Crippen LogP) is 3.80. The van der Waals surface area contributed by atoms with Crippen molar-refractivity contribution in [1.82, 2.24) is 14.5 Å². The van der Waals surface area contributed by atoms with E-state index in [-0.39, 0.29) is 23.9 Å². The quantitative estimate of drug-likeness (QED) is 0.637. The van der Waals surface area contributed by atoms with Crippen molar-refractivity contribution in [3.05, 3.63) is 58.7 Å². The Kier molecular flexibility index (Phi) is 7.70. The molecule has 8 nitrogen and oxygen atoms in total. The third-order valence-electron chi connectivity index (χ3n) is 7.28. The number of likely N-dealkylation sites (tertiary alicyclic amines) is 1. The molecule has 1 aliphatic carbocycles. The first kappa shape index (κ1) is 26.2. The van der Waals surface area contributed by atoms with Crippen molar-refractivity contribution in [3.8, 4) is 0 Å². The molecule has 2 aromatic rings. The SMILES string of the molecule is Cc1ccccc1C(=O)Nc1ccc(S(=O)(=O)NC2CCN(C(=O)N(C)C)C[C@@H]2C)c2c1CCCC2. The second kappa shape index (κ2) is 10.6. The molecule has 2 aromatic carbocycles. The van der Waals surface area contributed by atoms with Gasteiger partial charge in [0.1, 0.15) is 0 Å². The molecule has 2 N–H and O–H groups in total. The number of hydrogen-bond donors (Lipinski definition) is 2. The van der Waals surface area contributed by atoms with Crippen molar-refractivity contribution >= 4 is 27.6 Å². The second-order valence-corrected chi connectivity index (χ2v) is 11.8. The van der Waals surface area contributed by atoms with Gasteiger partial charge in [-0.2, -0.15) is 0 Å². The summed E-state index contributed by atoms with van der Waals surface area (Å²) in [6, 6.07) is 10.4. The topological polar surface area (TPSA) is 98.8 Å². The largest absolute Gasteiger partial charge is 0.331 e. The van der Waals surface area contributed by atoms with Crippen LogP contribution in [0.5, 0.6) is 0 Å². The van der Waals surface area contributed by atoms with Crippen LogP contribution in [-0.2, 0) is 22.9 Å². The summed E-state index contributed by atoms with van der Waals surface area (Å²) in [5.41, 5.74) is 3.88. The summed E-state index contributed by atoms with van der Waals surface area (Å²) in [6.07, 6.45) is 3.81. The Hall–Kier alpha value is -2.91. The maximum atomic E-state index is 13.6. The van der Waals surface area contributed by atoms with E-state index in [9.17, 15) is 18.0 Å². The minimum atomic E-state index is -3.77. The summed E-state index contributed by atoms with van der Waals surface area (Å²) in [6.45, 7) is 4.89. The van der Waals surface area contributed by atoms with E-state index in [1.165, 1.54) is 0 Å². The molecule has 2 aliphatic rings. The Labute approximate surface area is 214 Å². The van der Waals surface area contributed by atoms with Crippen molar-refractivity contribution in [2.45, 2.75) is 56.9 Å². The van der Waals surface area contributed by atoms with Crippen molar-refractivity contribution in [2.24, 2.45) is 5.92 Å². The first-order valence-corrected chi connectivity index (χ1v) is 14.1. The number of carbonyl (C=O) groups excluding carboxylic acids is 2. The molecular weight excluding hydrogens is 476 g/mol. The highest BCUT2D eigenvalue weighted by atomic mass is 32.2. The fourth-order valence-electron chi connectivity index (χ4n) is 5.26. The van der Waals surface area contributed by atoms with Gasteiger partial charge in [0, 0.05) is 44.5 Å². The fraction of sp³-hybridized carbons (Fsp3) is 0.481. The number of urea groups is 1. The lowest BCUT2D eigenvalue weighted by Crippen LogP contribution is -2.53. The molecule has 1 unspecified atom stereocenters. The Morgan fingerprint density at radius 2 is 1.72 bits per heavy atom. The molecule has 0 spiro atoms. The number of anilines is 1. The second-order valence-electron chi connectivity index (χ2n) is 10.2. The summed E-state index contributed by atoms with van der Waals surface area (Å²) in [7, 11) is -0.328. The van der Waals surface area contributed by atoms with Gasteiger partial charge in [-0.3, -0.25) is 4.79 Å². The average Bonchev–Trinajstić information content (AvgIpc) is 2.85. The van der Waals surface area contributed by atoms with Gasteiger partial charge < -0.3 is 15.1 Å². The number of aryl methyl sites for hydroxylation is 1. The highest BCUT2D eigenvalue weighted by Gasteiger charge is 2.34. The number of piperidine rings is 1. The maximum Gasteiger partial charge on any atom is 0.319 e. The molecule has 194 valence electrons. The van der Waals surface area contributed by atoms with Gasteiger partial charge in [0.15, 0.2) is 0 Å². The zero-order valence-electron chi connectivity index (χ0n) is 21.5. The number of benzene rings is 2. The number of carbonyl (C=O) groups is 2. The molecule has 2 atom stereocenters. The zero-order chi connectivity index (χ0) is 26.0. The molecular formula is C27H36N4O4S. The summed E-state index contributed by atoms with van der Waals surface area (Å²) < 4.78 is 30.0. The molecule has 1 heterocycles. The van der Waals surface area contributed by atoms with Gasteiger partial charge in [0.05, 0.1) is 4.90 Å². The van der Waals surface area contributed by atoms with Gasteiger partial charge in [-0.1, -0.05) is 25.1 Å². The fourth-order valence-corrected chi connectivity index (χ4v) is 6.93. The molecule has 0 radical (unpaired) electrons. The van der Waals surface area contributed by atoms with E-state index < -0.39 is 10.0 Å². The van der Waals surface area contributed by atoms with Gasteiger partial charge in [0.25, 0.3) is 5.91 Å². The number of nitrogens with one attached hydrogen (secondary N) is 2. The van der Waals surface area contributed by atoms with Crippen molar-refractivity contribution in [3.63, 3.8) is 0 Å². The van der Waals surface area contributed by atoms with E-state index >= 15 is 0 Å². The molecule has 9 heteroatoms. The molecule has 4 rings (SSSR count). The summed E-state index contributed by atoms with van der Waals surface area (Å²) in [4.78, 5) is 28.9. The number of fused-ring (bicyclic) bond motifs is 1. The highest BCUT2D eigenvalue weighted by Crippen LogP contribution is 2.34. The molecule has 0 bridgehead atoms. The van der Waals surface area contributed by atoms with Gasteiger partial charge in [0.2, 0.25) is 10.0 Å². The van der Waals surface area contributed by atoms with E-state index in [0.29, 0.717) is 42.1 Å². The van der Waals surface area contributed by atoms with Crippen LogP contribution < -0.4 is 10.0 Å². The molecule has 1 fully saturated rings. The van der Waals surface area contributed by atoms with Crippen LogP contribution in [0.4, 0.5) is 10.5 Å². The van der Waals surface area contributed by atoms with Crippen LogP contribution >= 0.6 is 0 Å². The minimum Gasteiger partial charge on any atom is -0.331 e. The number of nitrogens with zero attached hydrogens (tertiary/aromatic N) is 2. The van der Waals surface area contributed by atoms with Crippen LogP contribution in [0.2, 0.25) is 0 Å². The maximum absolute atomic E-state index is 13.6. The van der Waals surface area contributed by atoms with E-state index in [4.69, 9.17) is 0 Å². The lowest BCUT2D eigenvalue weighted by Gasteiger charge is -2.38. The number of sulfonamides is 1. The molecule has 3 amide bonds. The molecule has 1 aliphatic heterocycles. The highest BCUT2D eigenvalue weighted by molar-refractivity contribution is 7.89. The smallest absolute Gasteiger partial charge is 0.319 e. The van der Waals surface area contributed by atoms with Gasteiger partial charge in [-0.05, 0) is 79.8 Å². The first-order chi connectivity index (χ1) is 17.1. The van der Waals surface area contributed by atoms with Crippen LogP contribution in [0.1, 0.15) is 53.2 Å². The number of rotatable bonds is 5. The third-order valence-corrected chi connectivity index (χ3v) is 8.86. The van der Waals surface area contributed by atoms with Gasteiger partial charge in [-0.15, -0.1) is 0 Å². The molecule has 0 saturated carbocycles. The van der Waals surface area contributed by atoms with Crippen LogP contribution in [-0.4, -0.2) is 63.4 Å². The molecule has 0 aromatic heterocycles. The number of amides is 3. The summed E-state index contributed by atoms with van der Waals surface area (Å²) in [5.74, 6) is -0.205. The Balaban J connectivity index is 1.55. The van der Waals surface area contributed by atoms with Gasteiger partial charge >= 0.3 is 6.03 Å². The third kappa shape index (κ3) is 5.42. The van der Waals surface area contributed by atoms with Crippen molar-refractivity contribution in [1.29, 1.82) is 0 Å². The zero-order valence-corrected chi connectivity index (χ0v) is 22.3. The predicted molar refractivity (Wildman–Crippen MR) is 141 cm³/mol. The molecule has 1 saturated heterocycles. The van der Waals surface area contributed by atoms with Crippen LogP contribution in [0.3, 0.4) is 0 Å². The summed E-state index contributed by atoms with van der Waals surface area (Å²) in [5, 5.41) is 3.02. The average molecular weight is 513 g/mol. The van der Waals surface area contributed by atoms with E-state index in [1.54, 1.807) is 42.1 Å². The van der Waals surface area contributed by atoms with Gasteiger partial charge in [-0.25, -0.2) is 17.9 Å². The van der Waals surface area contributed by atoms with Crippen molar-refractivity contribution < 1.29 is 18.0 Å². The van der Waals surface area contributed by atoms with E-state index in [2.05, 4.69) is 10.0 Å².